The van der Waals surface area contributed by atoms with Crippen LogP contribution in [0.2, 0.25) is 0 Å². The third-order valence-electron chi connectivity index (χ3n) is 5.09. The van der Waals surface area contributed by atoms with Gasteiger partial charge in [-0.2, -0.15) is 0 Å². The number of phenolic OH excluding ortho intramolecular Hbond substituents is 7. The van der Waals surface area contributed by atoms with E-state index < -0.39 is 52.7 Å². The zero-order chi connectivity index (χ0) is 23.2. The molecule has 10 nitrogen and oxygen atoms in total. The fourth-order valence-electron chi connectivity index (χ4n) is 3.49. The van der Waals surface area contributed by atoms with Gasteiger partial charge in [-0.25, -0.2) is 4.79 Å². The van der Waals surface area contributed by atoms with Crippen LogP contribution in [0, 0.1) is 0 Å². The highest BCUT2D eigenvalue weighted by atomic mass is 16.6. The normalized spacial score (nSPS) is 17.2. The number of esters is 1. The highest BCUT2D eigenvalue weighted by Gasteiger charge is 2.37. The smallest absolute Gasteiger partial charge is 0.338 e. The predicted octanol–water partition coefficient (Wildman–Crippen LogP) is 2.53. The Balaban J connectivity index is 1.73. The van der Waals surface area contributed by atoms with Crippen LogP contribution in [0.25, 0.3) is 0 Å². The molecule has 1 aliphatic rings. The lowest BCUT2D eigenvalue weighted by Gasteiger charge is -2.34. The summed E-state index contributed by atoms with van der Waals surface area (Å²) in [6, 6.07) is 8.62. The van der Waals surface area contributed by atoms with Gasteiger partial charge in [-0.15, -0.1) is 0 Å². The van der Waals surface area contributed by atoms with E-state index in [4.69, 9.17) is 9.47 Å². The number of hydrogen-bond donors (Lipinski definition) is 7. The van der Waals surface area contributed by atoms with Crippen molar-refractivity contribution in [2.75, 3.05) is 0 Å². The van der Waals surface area contributed by atoms with Crippen LogP contribution in [0.1, 0.15) is 27.6 Å². The Kier molecular flexibility index (Phi) is 4.97. The van der Waals surface area contributed by atoms with Crippen LogP contribution in [0.5, 0.6) is 46.0 Å². The van der Waals surface area contributed by atoms with Crippen molar-refractivity contribution in [2.45, 2.75) is 18.6 Å². The summed E-state index contributed by atoms with van der Waals surface area (Å²) in [6.45, 7) is 0. The molecular weight excluding hydrogens is 424 g/mol. The fraction of sp³-hybridized carbons (Fsp3) is 0.136. The molecule has 0 radical (unpaired) electrons. The number of rotatable bonds is 3. The molecule has 4 rings (SSSR count). The first-order chi connectivity index (χ1) is 15.2. The highest BCUT2D eigenvalue weighted by Crippen LogP contribution is 2.44. The van der Waals surface area contributed by atoms with Gasteiger partial charge in [-0.05, 0) is 36.4 Å². The molecule has 2 atom stereocenters. The van der Waals surface area contributed by atoms with Crippen molar-refractivity contribution in [2.24, 2.45) is 0 Å². The lowest BCUT2D eigenvalue weighted by molar-refractivity contribution is -0.0188. The molecule has 0 fully saturated rings. The van der Waals surface area contributed by atoms with Gasteiger partial charge in [0.15, 0.2) is 40.6 Å². The minimum absolute atomic E-state index is 0.0170. The summed E-state index contributed by atoms with van der Waals surface area (Å²) >= 11 is 0. The number of ether oxygens (including phenoxy) is 2. The van der Waals surface area contributed by atoms with Crippen molar-refractivity contribution in [3.05, 3.63) is 59.2 Å². The average Bonchev–Trinajstić information content (AvgIpc) is 2.75. The van der Waals surface area contributed by atoms with E-state index in [2.05, 4.69) is 0 Å². The fourth-order valence-corrected chi connectivity index (χ4v) is 3.49. The molecular formula is C22H18O10. The average molecular weight is 442 g/mol. The maximum absolute atomic E-state index is 12.7. The molecule has 1 aliphatic heterocycles. The van der Waals surface area contributed by atoms with Crippen molar-refractivity contribution in [3.63, 3.8) is 0 Å². The monoisotopic (exact) mass is 442 g/mol. The van der Waals surface area contributed by atoms with Crippen LogP contribution in [0.3, 0.4) is 0 Å². The molecule has 32 heavy (non-hydrogen) atoms. The summed E-state index contributed by atoms with van der Waals surface area (Å²) in [5.41, 5.74) is 0.252. The van der Waals surface area contributed by atoms with Crippen molar-refractivity contribution in [3.8, 4) is 46.0 Å². The van der Waals surface area contributed by atoms with Gasteiger partial charge in [0.1, 0.15) is 17.6 Å². The number of fused-ring (bicyclic) bond motifs is 1. The lowest BCUT2D eigenvalue weighted by atomic mass is 9.93. The molecule has 0 aliphatic carbocycles. The van der Waals surface area contributed by atoms with Gasteiger partial charge >= 0.3 is 5.97 Å². The Labute approximate surface area is 180 Å². The minimum atomic E-state index is -1.09. The zero-order valence-corrected chi connectivity index (χ0v) is 16.3. The molecule has 3 aromatic rings. The predicted molar refractivity (Wildman–Crippen MR) is 107 cm³/mol. The van der Waals surface area contributed by atoms with Gasteiger partial charge in [0.2, 0.25) is 0 Å². The number of carbonyl (C=O) groups is 1. The van der Waals surface area contributed by atoms with E-state index in [0.29, 0.717) is 5.56 Å². The molecule has 1 unspecified atom stereocenters. The summed E-state index contributed by atoms with van der Waals surface area (Å²) in [7, 11) is 0. The first-order valence-electron chi connectivity index (χ1n) is 9.34. The van der Waals surface area contributed by atoms with E-state index in [1.807, 2.05) is 0 Å². The Morgan fingerprint density at radius 1 is 0.812 bits per heavy atom. The van der Waals surface area contributed by atoms with Crippen LogP contribution < -0.4 is 4.74 Å². The Bertz CT molecular complexity index is 1170. The molecule has 0 saturated heterocycles. The minimum Gasteiger partial charge on any atom is -0.508 e. The van der Waals surface area contributed by atoms with E-state index in [9.17, 15) is 40.5 Å². The van der Waals surface area contributed by atoms with Crippen LogP contribution in [0.4, 0.5) is 0 Å². The van der Waals surface area contributed by atoms with Crippen LogP contribution in [0.15, 0.2) is 42.5 Å². The number of aromatic hydroxyl groups is 7. The van der Waals surface area contributed by atoms with E-state index >= 15 is 0 Å². The summed E-state index contributed by atoms with van der Waals surface area (Å²) in [6.07, 6.45) is -2.17. The largest absolute Gasteiger partial charge is 0.508 e. The Morgan fingerprint density at radius 3 is 1.97 bits per heavy atom. The van der Waals surface area contributed by atoms with E-state index in [1.54, 1.807) is 12.1 Å². The van der Waals surface area contributed by atoms with Crippen molar-refractivity contribution < 1.29 is 50.0 Å². The molecule has 0 aromatic heterocycles. The molecule has 0 bridgehead atoms. The molecule has 3 aromatic carbocycles. The molecule has 1 heterocycles. The maximum atomic E-state index is 12.7. The second kappa shape index (κ2) is 7.65. The molecule has 0 saturated carbocycles. The number of benzene rings is 3. The van der Waals surface area contributed by atoms with Gasteiger partial charge in [0.05, 0.1) is 5.56 Å². The molecule has 166 valence electrons. The maximum Gasteiger partial charge on any atom is 0.338 e. The van der Waals surface area contributed by atoms with Crippen LogP contribution >= 0.6 is 0 Å². The number of phenols is 7. The zero-order valence-electron chi connectivity index (χ0n) is 16.3. The standard InChI is InChI=1S/C22H18O10/c23-12-2-1-3-17-11(12)8-18(21(31-17)9-4-13(24)19(28)14(25)5-9)32-22(30)10-6-15(26)20(29)16(27)7-10/h1-7,18,21,23-29H,8H2/t18?,21-/m1/s1. The van der Waals surface area contributed by atoms with Crippen LogP contribution in [-0.4, -0.2) is 47.8 Å². The highest BCUT2D eigenvalue weighted by molar-refractivity contribution is 5.91. The number of carbonyl (C=O) groups excluding carboxylic acids is 1. The third kappa shape index (κ3) is 3.58. The van der Waals surface area contributed by atoms with E-state index in [1.165, 1.54) is 6.07 Å². The van der Waals surface area contributed by atoms with Crippen molar-refractivity contribution >= 4 is 5.97 Å². The molecule has 0 amide bonds. The van der Waals surface area contributed by atoms with Gasteiger partial charge in [-0.3, -0.25) is 0 Å². The summed E-state index contributed by atoms with van der Waals surface area (Å²) < 4.78 is 11.4. The van der Waals surface area contributed by atoms with Gasteiger partial charge in [0, 0.05) is 17.5 Å². The van der Waals surface area contributed by atoms with Crippen molar-refractivity contribution in [1.82, 2.24) is 0 Å². The second-order valence-corrected chi connectivity index (χ2v) is 7.21. The van der Waals surface area contributed by atoms with Crippen molar-refractivity contribution in [1.29, 1.82) is 0 Å². The lowest BCUT2D eigenvalue weighted by Crippen LogP contribution is -2.34. The quantitative estimate of drug-likeness (QED) is 0.235. The summed E-state index contributed by atoms with van der Waals surface area (Å²) in [4.78, 5) is 12.7. The summed E-state index contributed by atoms with van der Waals surface area (Å²) in [5, 5.41) is 68.4. The molecule has 10 heteroatoms. The molecule has 7 N–H and O–H groups in total. The van der Waals surface area contributed by atoms with Gasteiger partial charge in [-0.1, -0.05) is 6.07 Å². The molecule has 0 spiro atoms. The Morgan fingerprint density at radius 2 is 1.38 bits per heavy atom. The second-order valence-electron chi connectivity index (χ2n) is 7.21. The SMILES string of the molecule is O=C(OC1Cc2c(O)cccc2O[C@@H]1c1cc(O)c(O)c(O)c1)c1cc(O)c(O)c(O)c1. The Hall–Kier alpha value is -4.47. The third-order valence-corrected chi connectivity index (χ3v) is 5.09. The van der Waals surface area contributed by atoms with Gasteiger partial charge < -0.3 is 45.2 Å². The summed E-state index contributed by atoms with van der Waals surface area (Å²) in [5.74, 6) is -5.03. The van der Waals surface area contributed by atoms with Crippen LogP contribution in [-0.2, 0) is 11.2 Å². The number of hydrogen-bond acceptors (Lipinski definition) is 10. The first-order valence-corrected chi connectivity index (χ1v) is 9.34. The topological polar surface area (TPSA) is 177 Å². The van der Waals surface area contributed by atoms with E-state index in [0.717, 1.165) is 24.3 Å². The van der Waals surface area contributed by atoms with Gasteiger partial charge in [0.25, 0.3) is 0 Å². The first kappa shape index (κ1) is 20.8. The van der Waals surface area contributed by atoms with E-state index in [-0.39, 0.29) is 29.0 Å².